The first-order valence-corrected chi connectivity index (χ1v) is 9.70. The molecule has 1 aliphatic rings. The number of likely N-dealkylation sites (tertiary alicyclic amines) is 1. The Hall–Kier alpha value is -1.49. The second-order valence-corrected chi connectivity index (χ2v) is 7.60. The van der Waals surface area contributed by atoms with Crippen LogP contribution in [0.4, 0.5) is 0 Å². The largest absolute Gasteiger partial charge is 0.469 e. The molecular weight excluding hydrogens is 322 g/mol. The van der Waals surface area contributed by atoms with E-state index in [0.717, 1.165) is 31.6 Å². The van der Waals surface area contributed by atoms with E-state index in [-0.39, 0.29) is 17.9 Å². The molecular formula is C19H27NO3S. The van der Waals surface area contributed by atoms with Crippen LogP contribution in [0.3, 0.4) is 0 Å². The van der Waals surface area contributed by atoms with E-state index in [1.54, 1.807) is 0 Å². The van der Waals surface area contributed by atoms with E-state index in [1.807, 2.05) is 47.0 Å². The Labute approximate surface area is 148 Å². The average molecular weight is 349 g/mol. The number of carbonyl (C=O) groups is 2. The second-order valence-electron chi connectivity index (χ2n) is 6.19. The van der Waals surface area contributed by atoms with Gasteiger partial charge in [0, 0.05) is 24.3 Å². The molecule has 132 valence electrons. The van der Waals surface area contributed by atoms with Gasteiger partial charge in [-0.1, -0.05) is 37.3 Å². The van der Waals surface area contributed by atoms with Crippen molar-refractivity contribution < 1.29 is 14.3 Å². The van der Waals surface area contributed by atoms with E-state index in [1.165, 1.54) is 12.7 Å². The minimum absolute atomic E-state index is 0.0184. The normalized spacial score (nSPS) is 20.2. The predicted molar refractivity (Wildman–Crippen MR) is 98.1 cm³/mol. The summed E-state index contributed by atoms with van der Waals surface area (Å²) in [5.41, 5.74) is 1.17. The lowest BCUT2D eigenvalue weighted by atomic mass is 10.1. The van der Waals surface area contributed by atoms with Crippen molar-refractivity contribution in [1.29, 1.82) is 0 Å². The van der Waals surface area contributed by atoms with Crippen molar-refractivity contribution in [2.24, 2.45) is 0 Å². The molecule has 1 aromatic rings. The summed E-state index contributed by atoms with van der Waals surface area (Å²) in [6, 6.07) is 10.0. The maximum absolute atomic E-state index is 12.7. The number of thioether (sulfide) groups is 1. The Bertz CT molecular complexity index is 535. The summed E-state index contributed by atoms with van der Waals surface area (Å²) in [5, 5.41) is 0.431. The Morgan fingerprint density at radius 1 is 1.29 bits per heavy atom. The van der Waals surface area contributed by atoms with Gasteiger partial charge in [0.05, 0.1) is 13.5 Å². The van der Waals surface area contributed by atoms with Crippen LogP contribution < -0.4 is 0 Å². The number of benzene rings is 1. The van der Waals surface area contributed by atoms with Crippen LogP contribution in [0.15, 0.2) is 30.3 Å². The molecule has 1 fully saturated rings. The number of esters is 1. The maximum Gasteiger partial charge on any atom is 0.307 e. The first kappa shape index (κ1) is 18.8. The molecule has 0 spiro atoms. The maximum atomic E-state index is 12.7. The number of hydrogen-bond donors (Lipinski definition) is 0. The number of amides is 1. The van der Waals surface area contributed by atoms with Gasteiger partial charge in [-0.25, -0.2) is 0 Å². The molecule has 1 aliphatic heterocycles. The van der Waals surface area contributed by atoms with Gasteiger partial charge < -0.3 is 9.64 Å². The summed E-state index contributed by atoms with van der Waals surface area (Å²) in [6.07, 6.45) is 3.55. The molecule has 0 bridgehead atoms. The Morgan fingerprint density at radius 2 is 2.04 bits per heavy atom. The first-order chi connectivity index (χ1) is 11.6. The lowest BCUT2D eigenvalue weighted by Gasteiger charge is -2.24. The summed E-state index contributed by atoms with van der Waals surface area (Å²) < 4.78 is 4.80. The van der Waals surface area contributed by atoms with Crippen LogP contribution in [0.5, 0.6) is 0 Å². The average Bonchev–Trinajstić information content (AvgIpc) is 3.01. The zero-order chi connectivity index (χ0) is 17.4. The zero-order valence-corrected chi connectivity index (χ0v) is 15.4. The molecule has 0 aliphatic carbocycles. The van der Waals surface area contributed by atoms with Crippen LogP contribution in [0.1, 0.15) is 38.2 Å². The van der Waals surface area contributed by atoms with Crippen LogP contribution in [0, 0.1) is 0 Å². The van der Waals surface area contributed by atoms with Gasteiger partial charge in [0.25, 0.3) is 0 Å². The molecule has 2 rings (SSSR count). The lowest BCUT2D eigenvalue weighted by molar-refractivity contribution is -0.143. The van der Waals surface area contributed by atoms with E-state index in [2.05, 4.69) is 6.92 Å². The van der Waals surface area contributed by atoms with Crippen LogP contribution >= 0.6 is 11.8 Å². The fourth-order valence-corrected chi connectivity index (χ4v) is 4.29. The Morgan fingerprint density at radius 3 is 2.71 bits per heavy atom. The fourth-order valence-electron chi connectivity index (χ4n) is 3.09. The third-order valence-corrected chi connectivity index (χ3v) is 5.81. The summed E-state index contributed by atoms with van der Waals surface area (Å²) in [7, 11) is 1.40. The van der Waals surface area contributed by atoms with Gasteiger partial charge in [0.1, 0.15) is 0 Å². The van der Waals surface area contributed by atoms with E-state index < -0.39 is 0 Å². The second kappa shape index (κ2) is 9.72. The van der Waals surface area contributed by atoms with Crippen molar-refractivity contribution in [2.75, 3.05) is 19.4 Å². The molecule has 5 heteroatoms. The molecule has 4 nitrogen and oxygen atoms in total. The van der Waals surface area contributed by atoms with Gasteiger partial charge in [-0.05, 0) is 30.6 Å². The Balaban J connectivity index is 1.94. The van der Waals surface area contributed by atoms with Crippen molar-refractivity contribution >= 4 is 23.6 Å². The van der Waals surface area contributed by atoms with Gasteiger partial charge in [-0.15, -0.1) is 0 Å². The number of hydrogen-bond acceptors (Lipinski definition) is 4. The van der Waals surface area contributed by atoms with Crippen LogP contribution in [0.2, 0.25) is 0 Å². The van der Waals surface area contributed by atoms with E-state index in [4.69, 9.17) is 4.74 Å². The molecule has 1 amide bonds. The number of carbonyl (C=O) groups excluding carboxylic acids is 2. The number of nitrogens with zero attached hydrogens (tertiary/aromatic N) is 1. The highest BCUT2D eigenvalue weighted by Crippen LogP contribution is 2.30. The third-order valence-electron chi connectivity index (χ3n) is 4.35. The highest BCUT2D eigenvalue weighted by Gasteiger charge is 2.36. The molecule has 2 atom stereocenters. The van der Waals surface area contributed by atoms with Crippen molar-refractivity contribution in [3.05, 3.63) is 35.9 Å². The monoisotopic (exact) mass is 349 g/mol. The summed E-state index contributed by atoms with van der Waals surface area (Å²) >= 11 is 1.91. The van der Waals surface area contributed by atoms with Crippen LogP contribution in [-0.4, -0.2) is 47.5 Å². The van der Waals surface area contributed by atoms with Crippen molar-refractivity contribution in [3.63, 3.8) is 0 Å². The van der Waals surface area contributed by atoms with Gasteiger partial charge >= 0.3 is 5.97 Å². The Kier molecular flexibility index (Phi) is 7.63. The summed E-state index contributed by atoms with van der Waals surface area (Å²) in [6.45, 7) is 2.91. The molecule has 0 N–H and O–H groups in total. The zero-order valence-electron chi connectivity index (χ0n) is 14.6. The minimum atomic E-state index is -0.234. The molecule has 0 radical (unpaired) electrons. The minimum Gasteiger partial charge on any atom is -0.469 e. The predicted octanol–water partition coefficient (Wildman–Crippen LogP) is 3.30. The van der Waals surface area contributed by atoms with Crippen molar-refractivity contribution in [3.8, 4) is 0 Å². The molecule has 1 aromatic carbocycles. The van der Waals surface area contributed by atoms with Gasteiger partial charge in [-0.2, -0.15) is 11.8 Å². The highest BCUT2D eigenvalue weighted by atomic mass is 32.2. The van der Waals surface area contributed by atoms with E-state index in [0.29, 0.717) is 18.1 Å². The number of aryl methyl sites for hydroxylation is 1. The quantitative estimate of drug-likeness (QED) is 0.676. The van der Waals surface area contributed by atoms with Crippen molar-refractivity contribution in [2.45, 2.75) is 50.3 Å². The van der Waals surface area contributed by atoms with Crippen molar-refractivity contribution in [1.82, 2.24) is 4.90 Å². The smallest absolute Gasteiger partial charge is 0.307 e. The van der Waals surface area contributed by atoms with Crippen LogP contribution in [0.25, 0.3) is 0 Å². The van der Waals surface area contributed by atoms with E-state index >= 15 is 0 Å². The van der Waals surface area contributed by atoms with Gasteiger partial charge in [0.2, 0.25) is 5.91 Å². The molecule has 0 aromatic heterocycles. The SMILES string of the molecule is CCCSC1CC(CC(=O)OC)N(C(=O)CCc2ccccc2)C1. The first-order valence-electron chi connectivity index (χ1n) is 8.65. The number of ether oxygens (including phenoxy) is 1. The molecule has 0 saturated carbocycles. The summed E-state index contributed by atoms with van der Waals surface area (Å²) in [4.78, 5) is 26.3. The van der Waals surface area contributed by atoms with Gasteiger partial charge in [-0.3, -0.25) is 9.59 Å². The lowest BCUT2D eigenvalue weighted by Crippen LogP contribution is -2.37. The number of methoxy groups -OCH3 is 1. The van der Waals surface area contributed by atoms with Gasteiger partial charge in [0.15, 0.2) is 0 Å². The van der Waals surface area contributed by atoms with E-state index in [9.17, 15) is 9.59 Å². The summed E-state index contributed by atoms with van der Waals surface area (Å²) in [5.74, 6) is 1.01. The topological polar surface area (TPSA) is 46.6 Å². The molecule has 1 saturated heterocycles. The molecule has 2 unspecified atom stereocenters. The third kappa shape index (κ3) is 5.55. The number of rotatable bonds is 8. The fraction of sp³-hybridized carbons (Fsp3) is 0.579. The standard InChI is InChI=1S/C19H27NO3S/c1-3-11-24-17-12-16(13-19(22)23-2)20(14-17)18(21)10-9-15-7-5-4-6-8-15/h4-8,16-17H,3,9-14H2,1-2H3. The highest BCUT2D eigenvalue weighted by molar-refractivity contribution is 7.99. The molecule has 24 heavy (non-hydrogen) atoms. The van der Waals surface area contributed by atoms with Crippen LogP contribution in [-0.2, 0) is 20.7 Å². The molecule has 1 heterocycles.